The molecule has 0 saturated carbocycles. The molecule has 11 heavy (non-hydrogen) atoms. The van der Waals surface area contributed by atoms with Crippen molar-refractivity contribution < 1.29 is 0 Å². The molecule has 1 aliphatic carbocycles. The Kier molecular flexibility index (Phi) is 3.86. The average Bonchev–Trinajstić information content (AvgIpc) is 2.07. The second-order valence-corrected chi connectivity index (χ2v) is 2.83. The Bertz CT molecular complexity index is 215. The lowest BCUT2D eigenvalue weighted by molar-refractivity contribution is 0.584. The van der Waals surface area contributed by atoms with E-state index in [2.05, 4.69) is 29.5 Å². The van der Waals surface area contributed by atoms with Crippen molar-refractivity contribution in [2.24, 2.45) is 5.92 Å². The number of halogens is 1. The van der Waals surface area contributed by atoms with Crippen LogP contribution in [0.5, 0.6) is 0 Å². The van der Waals surface area contributed by atoms with Crippen molar-refractivity contribution in [2.45, 2.75) is 19.3 Å². The molecule has 1 atom stereocenters. The van der Waals surface area contributed by atoms with Gasteiger partial charge in [-0.05, 0) is 42.9 Å². The van der Waals surface area contributed by atoms with Crippen LogP contribution >= 0.6 is 11.6 Å². The van der Waals surface area contributed by atoms with Gasteiger partial charge in [-0.25, -0.2) is 0 Å². The summed E-state index contributed by atoms with van der Waals surface area (Å²) < 4.78 is 0. The first-order valence-electron chi connectivity index (χ1n) is 3.86. The van der Waals surface area contributed by atoms with Gasteiger partial charge in [0.15, 0.2) is 0 Å². The highest BCUT2D eigenvalue weighted by Gasteiger charge is 2.03. The number of hydrogen-bond donors (Lipinski definition) is 0. The van der Waals surface area contributed by atoms with Gasteiger partial charge in [0.25, 0.3) is 0 Å². The zero-order valence-corrected chi connectivity index (χ0v) is 7.14. The molecule has 0 aromatic carbocycles. The molecule has 1 aliphatic rings. The van der Waals surface area contributed by atoms with Crippen LogP contribution in [0.25, 0.3) is 0 Å². The van der Waals surface area contributed by atoms with E-state index < -0.39 is 0 Å². The van der Waals surface area contributed by atoms with E-state index in [9.17, 15) is 0 Å². The third-order valence-corrected chi connectivity index (χ3v) is 1.93. The first kappa shape index (κ1) is 8.43. The molecule has 0 fully saturated rings. The van der Waals surface area contributed by atoms with Gasteiger partial charge < -0.3 is 0 Å². The Hall–Kier alpha value is -0.670. The molecule has 1 rings (SSSR count). The molecule has 0 amide bonds. The van der Waals surface area contributed by atoms with Gasteiger partial charge in [0.05, 0.1) is 0 Å². The Morgan fingerprint density at radius 1 is 1.45 bits per heavy atom. The van der Waals surface area contributed by atoms with E-state index in [1.54, 1.807) is 0 Å². The Balaban J connectivity index is 2.35. The van der Waals surface area contributed by atoms with E-state index in [0.29, 0.717) is 5.92 Å². The summed E-state index contributed by atoms with van der Waals surface area (Å²) in [4.78, 5) is 0. The number of hydrogen-bond acceptors (Lipinski definition) is 0. The molecule has 0 N–H and O–H groups in total. The maximum absolute atomic E-state index is 5.19. The van der Waals surface area contributed by atoms with E-state index in [0.717, 1.165) is 6.42 Å². The van der Waals surface area contributed by atoms with E-state index >= 15 is 0 Å². The molecule has 0 bridgehead atoms. The fourth-order valence-electron chi connectivity index (χ4n) is 1.21. The molecular formula is C10H11Cl. The summed E-state index contributed by atoms with van der Waals surface area (Å²) >= 11 is 5.19. The summed E-state index contributed by atoms with van der Waals surface area (Å²) in [5.74, 6) is 3.38. The summed E-state index contributed by atoms with van der Waals surface area (Å²) in [5, 5.41) is 2.32. The summed E-state index contributed by atoms with van der Waals surface area (Å²) in [5.41, 5.74) is 0. The molecule has 1 unspecified atom stereocenters. The minimum Gasteiger partial charge on any atom is -0.0885 e. The van der Waals surface area contributed by atoms with Crippen LogP contribution in [0.2, 0.25) is 0 Å². The molecule has 0 saturated heterocycles. The van der Waals surface area contributed by atoms with Crippen LogP contribution in [-0.2, 0) is 0 Å². The van der Waals surface area contributed by atoms with Gasteiger partial charge in [-0.1, -0.05) is 24.1 Å². The van der Waals surface area contributed by atoms with Crippen molar-refractivity contribution >= 4 is 11.6 Å². The minimum atomic E-state index is 0.678. The molecule has 0 radical (unpaired) electrons. The fraction of sp³-hybridized carbons (Fsp3) is 0.400. The molecule has 0 aromatic rings. The van der Waals surface area contributed by atoms with Crippen LogP contribution in [0.1, 0.15) is 19.3 Å². The predicted molar refractivity (Wildman–Crippen MR) is 49.3 cm³/mol. The largest absolute Gasteiger partial charge is 0.0885 e. The van der Waals surface area contributed by atoms with E-state index in [-0.39, 0.29) is 0 Å². The molecule has 0 nitrogen and oxygen atoms in total. The van der Waals surface area contributed by atoms with Crippen molar-refractivity contribution in [1.29, 1.82) is 0 Å². The standard InChI is InChI=1S/C10H11Cl/c11-9-5-4-8-10-6-2-1-3-7-10/h1-2,4,8,10H,3,6-7H2/b8-4-. The maximum Gasteiger partial charge on any atom is 0.00888 e. The topological polar surface area (TPSA) is 0 Å². The first-order valence-corrected chi connectivity index (χ1v) is 4.24. The maximum atomic E-state index is 5.19. The van der Waals surface area contributed by atoms with Crippen LogP contribution in [-0.4, -0.2) is 0 Å². The SMILES string of the molecule is ClC#C/C=C\C1CC=CCC1. The third kappa shape index (κ3) is 3.30. The Morgan fingerprint density at radius 3 is 3.00 bits per heavy atom. The lowest BCUT2D eigenvalue weighted by Gasteiger charge is -2.11. The normalized spacial score (nSPS) is 23.2. The molecule has 0 spiro atoms. The van der Waals surface area contributed by atoms with Gasteiger partial charge in [0.1, 0.15) is 0 Å². The molecule has 0 aromatic heterocycles. The third-order valence-electron chi connectivity index (χ3n) is 1.82. The van der Waals surface area contributed by atoms with Gasteiger partial charge in [-0.15, -0.1) is 0 Å². The van der Waals surface area contributed by atoms with Crippen LogP contribution in [0.15, 0.2) is 24.3 Å². The van der Waals surface area contributed by atoms with Gasteiger partial charge in [0.2, 0.25) is 0 Å². The van der Waals surface area contributed by atoms with Crippen LogP contribution in [0, 0.1) is 17.2 Å². The summed E-state index contributed by atoms with van der Waals surface area (Å²) in [6.07, 6.45) is 12.0. The monoisotopic (exact) mass is 166 g/mol. The van der Waals surface area contributed by atoms with Crippen molar-refractivity contribution in [3.8, 4) is 11.3 Å². The van der Waals surface area contributed by atoms with Gasteiger partial charge in [-0.2, -0.15) is 0 Å². The van der Waals surface area contributed by atoms with Crippen LogP contribution < -0.4 is 0 Å². The van der Waals surface area contributed by atoms with Crippen LogP contribution in [0.4, 0.5) is 0 Å². The number of rotatable bonds is 1. The average molecular weight is 167 g/mol. The fourth-order valence-corrected chi connectivity index (χ4v) is 1.27. The van der Waals surface area contributed by atoms with Crippen molar-refractivity contribution in [3.63, 3.8) is 0 Å². The predicted octanol–water partition coefficient (Wildman–Crippen LogP) is 3.10. The summed E-state index contributed by atoms with van der Waals surface area (Å²) in [6.45, 7) is 0. The van der Waals surface area contributed by atoms with Gasteiger partial charge in [0, 0.05) is 5.38 Å². The molecule has 0 heterocycles. The minimum absolute atomic E-state index is 0.678. The summed E-state index contributed by atoms with van der Waals surface area (Å²) in [7, 11) is 0. The van der Waals surface area contributed by atoms with Crippen LogP contribution in [0.3, 0.4) is 0 Å². The molecule has 0 aliphatic heterocycles. The Morgan fingerprint density at radius 2 is 2.36 bits per heavy atom. The van der Waals surface area contributed by atoms with E-state index in [1.165, 1.54) is 12.8 Å². The van der Waals surface area contributed by atoms with Gasteiger partial charge in [-0.3, -0.25) is 0 Å². The highest BCUT2D eigenvalue weighted by Crippen LogP contribution is 2.18. The van der Waals surface area contributed by atoms with Crippen molar-refractivity contribution in [2.75, 3.05) is 0 Å². The summed E-state index contributed by atoms with van der Waals surface area (Å²) in [6, 6.07) is 0. The van der Waals surface area contributed by atoms with E-state index in [1.807, 2.05) is 6.08 Å². The molecule has 58 valence electrons. The molecular weight excluding hydrogens is 156 g/mol. The van der Waals surface area contributed by atoms with E-state index in [4.69, 9.17) is 11.6 Å². The zero-order chi connectivity index (χ0) is 7.94. The second kappa shape index (κ2) is 5.04. The smallest absolute Gasteiger partial charge is 0.00888 e. The highest BCUT2D eigenvalue weighted by molar-refractivity contribution is 6.30. The quantitative estimate of drug-likeness (QED) is 0.415. The van der Waals surface area contributed by atoms with Gasteiger partial charge >= 0.3 is 0 Å². The first-order chi connectivity index (χ1) is 5.43. The Labute approximate surface area is 72.9 Å². The number of allylic oxidation sites excluding steroid dienone is 4. The lowest BCUT2D eigenvalue weighted by Crippen LogP contribution is -1.97. The van der Waals surface area contributed by atoms with Crippen molar-refractivity contribution in [1.82, 2.24) is 0 Å². The second-order valence-electron chi connectivity index (χ2n) is 2.64. The lowest BCUT2D eigenvalue weighted by atomic mass is 9.94. The van der Waals surface area contributed by atoms with Crippen molar-refractivity contribution in [3.05, 3.63) is 24.3 Å². The zero-order valence-electron chi connectivity index (χ0n) is 6.39. The highest BCUT2D eigenvalue weighted by atomic mass is 35.5. The molecule has 1 heteroatoms.